The van der Waals surface area contributed by atoms with E-state index in [0.717, 1.165) is 6.07 Å². The van der Waals surface area contributed by atoms with Crippen LogP contribution in [0.25, 0.3) is 0 Å². The van der Waals surface area contributed by atoms with Crippen LogP contribution in [-0.2, 0) is 0 Å². The summed E-state index contributed by atoms with van der Waals surface area (Å²) in [6.45, 7) is 0. The summed E-state index contributed by atoms with van der Waals surface area (Å²) in [4.78, 5) is 11.9. The van der Waals surface area contributed by atoms with Crippen molar-refractivity contribution in [1.82, 2.24) is 0 Å². The normalized spacial score (nSPS) is 10.2. The molecule has 2 aromatic rings. The zero-order chi connectivity index (χ0) is 14.7. The van der Waals surface area contributed by atoms with Crippen molar-refractivity contribution in [3.63, 3.8) is 0 Å². The van der Waals surface area contributed by atoms with E-state index in [9.17, 15) is 13.6 Å². The quantitative estimate of drug-likeness (QED) is 0.916. The minimum Gasteiger partial charge on any atom is -0.497 e. The van der Waals surface area contributed by atoms with Gasteiger partial charge in [0.2, 0.25) is 0 Å². The Morgan fingerprint density at radius 2 is 1.90 bits per heavy atom. The average molecular weight is 342 g/mol. The first kappa shape index (κ1) is 14.5. The summed E-state index contributed by atoms with van der Waals surface area (Å²) >= 11 is 3.01. The summed E-state index contributed by atoms with van der Waals surface area (Å²) in [7, 11) is 1.41. The van der Waals surface area contributed by atoms with E-state index < -0.39 is 17.5 Å². The molecule has 0 saturated heterocycles. The lowest BCUT2D eigenvalue weighted by atomic mass is 10.2. The van der Waals surface area contributed by atoms with Crippen LogP contribution in [0.1, 0.15) is 10.4 Å². The maximum absolute atomic E-state index is 13.7. The fourth-order valence-electron chi connectivity index (χ4n) is 1.58. The van der Waals surface area contributed by atoms with Crippen LogP contribution in [0.5, 0.6) is 5.75 Å². The molecule has 0 atom stereocenters. The van der Waals surface area contributed by atoms with Crippen LogP contribution in [0.15, 0.2) is 40.9 Å². The molecule has 0 aliphatic heterocycles. The number of ether oxygens (including phenoxy) is 1. The Balaban J connectivity index is 2.21. The van der Waals surface area contributed by atoms with Crippen molar-refractivity contribution in [2.24, 2.45) is 0 Å². The van der Waals surface area contributed by atoms with E-state index in [2.05, 4.69) is 21.2 Å². The number of hydrogen-bond acceptors (Lipinski definition) is 2. The molecule has 0 spiro atoms. The Morgan fingerprint density at radius 3 is 2.50 bits per heavy atom. The molecular weight excluding hydrogens is 332 g/mol. The van der Waals surface area contributed by atoms with Gasteiger partial charge >= 0.3 is 0 Å². The number of hydrogen-bond donors (Lipinski definition) is 1. The van der Waals surface area contributed by atoms with Crippen LogP contribution >= 0.6 is 15.9 Å². The highest BCUT2D eigenvalue weighted by Gasteiger charge is 2.13. The molecule has 1 amide bonds. The third-order valence-corrected chi connectivity index (χ3v) is 3.21. The van der Waals surface area contributed by atoms with Crippen LogP contribution in [0.3, 0.4) is 0 Å². The third-order valence-electron chi connectivity index (χ3n) is 2.60. The molecule has 0 fully saturated rings. The summed E-state index contributed by atoms with van der Waals surface area (Å²) in [5.74, 6) is -1.44. The molecule has 20 heavy (non-hydrogen) atoms. The predicted molar refractivity (Wildman–Crippen MR) is 75.0 cm³/mol. The van der Waals surface area contributed by atoms with Crippen LogP contribution in [-0.4, -0.2) is 13.0 Å². The number of rotatable bonds is 3. The molecule has 2 aromatic carbocycles. The number of anilines is 1. The van der Waals surface area contributed by atoms with Crippen molar-refractivity contribution in [1.29, 1.82) is 0 Å². The van der Waals surface area contributed by atoms with Crippen LogP contribution in [0, 0.1) is 11.6 Å². The van der Waals surface area contributed by atoms with Gasteiger partial charge in [0.1, 0.15) is 17.4 Å². The smallest absolute Gasteiger partial charge is 0.258 e. The van der Waals surface area contributed by atoms with Gasteiger partial charge in [0.15, 0.2) is 0 Å². The van der Waals surface area contributed by atoms with E-state index in [4.69, 9.17) is 4.74 Å². The van der Waals surface area contributed by atoms with E-state index >= 15 is 0 Å². The number of halogens is 3. The molecule has 0 aromatic heterocycles. The lowest BCUT2D eigenvalue weighted by Gasteiger charge is -2.08. The van der Waals surface area contributed by atoms with Gasteiger partial charge in [-0.2, -0.15) is 0 Å². The largest absolute Gasteiger partial charge is 0.497 e. The maximum atomic E-state index is 13.7. The molecular formula is C14H10BrF2NO2. The van der Waals surface area contributed by atoms with Crippen LogP contribution < -0.4 is 10.1 Å². The van der Waals surface area contributed by atoms with Gasteiger partial charge in [-0.25, -0.2) is 8.78 Å². The van der Waals surface area contributed by atoms with Crippen molar-refractivity contribution < 1.29 is 18.3 Å². The summed E-state index contributed by atoms with van der Waals surface area (Å²) in [6.07, 6.45) is 0. The van der Waals surface area contributed by atoms with Gasteiger partial charge < -0.3 is 10.1 Å². The number of benzene rings is 2. The molecule has 6 heteroatoms. The number of nitrogens with one attached hydrogen (secondary N) is 1. The first-order chi connectivity index (χ1) is 9.51. The summed E-state index contributed by atoms with van der Waals surface area (Å²) in [6, 6.07) is 7.91. The Labute approximate surface area is 122 Å². The number of carbonyl (C=O) groups is 1. The fourth-order valence-corrected chi connectivity index (χ4v) is 1.96. The predicted octanol–water partition coefficient (Wildman–Crippen LogP) is 3.99. The van der Waals surface area contributed by atoms with Crippen molar-refractivity contribution >= 4 is 27.5 Å². The standard InChI is InChI=1S/C14H10BrF2NO2/c1-20-9-3-4-10(13(17)7-9)14(19)18-8-2-5-12(16)11(15)6-8/h2-7H,1H3,(H,18,19). The topological polar surface area (TPSA) is 38.3 Å². The summed E-state index contributed by atoms with van der Waals surface area (Å²) < 4.78 is 31.9. The van der Waals surface area contributed by atoms with Gasteiger partial charge in [-0.3, -0.25) is 4.79 Å². The molecule has 0 unspecified atom stereocenters. The average Bonchev–Trinajstić information content (AvgIpc) is 2.42. The summed E-state index contributed by atoms with van der Waals surface area (Å²) in [5, 5.41) is 2.49. The van der Waals surface area contributed by atoms with Crippen LogP contribution in [0.4, 0.5) is 14.5 Å². The van der Waals surface area contributed by atoms with E-state index in [-0.39, 0.29) is 10.0 Å². The molecule has 0 saturated carbocycles. The molecule has 104 valence electrons. The highest BCUT2D eigenvalue weighted by molar-refractivity contribution is 9.10. The first-order valence-corrected chi connectivity index (χ1v) is 6.40. The van der Waals surface area contributed by atoms with Gasteiger partial charge in [0, 0.05) is 11.8 Å². The Kier molecular flexibility index (Phi) is 4.34. The monoisotopic (exact) mass is 341 g/mol. The van der Waals surface area contributed by atoms with Crippen molar-refractivity contribution in [2.75, 3.05) is 12.4 Å². The van der Waals surface area contributed by atoms with Gasteiger partial charge in [-0.15, -0.1) is 0 Å². The molecule has 0 heterocycles. The lowest BCUT2D eigenvalue weighted by Crippen LogP contribution is -2.13. The molecule has 0 aliphatic rings. The molecule has 0 radical (unpaired) electrons. The van der Waals surface area contributed by atoms with Crippen molar-refractivity contribution in [3.8, 4) is 5.75 Å². The van der Waals surface area contributed by atoms with E-state index in [1.54, 1.807) is 0 Å². The van der Waals surface area contributed by atoms with E-state index in [1.165, 1.54) is 37.4 Å². The van der Waals surface area contributed by atoms with Crippen molar-refractivity contribution in [2.45, 2.75) is 0 Å². The zero-order valence-electron chi connectivity index (χ0n) is 10.4. The van der Waals surface area contributed by atoms with Gasteiger partial charge in [0.05, 0.1) is 17.1 Å². The van der Waals surface area contributed by atoms with Gasteiger partial charge in [0.25, 0.3) is 5.91 Å². The van der Waals surface area contributed by atoms with E-state index in [0.29, 0.717) is 11.4 Å². The lowest BCUT2D eigenvalue weighted by molar-refractivity contribution is 0.102. The second-order valence-corrected chi connectivity index (χ2v) is 4.78. The Hall–Kier alpha value is -1.95. The maximum Gasteiger partial charge on any atom is 0.258 e. The Morgan fingerprint density at radius 1 is 1.15 bits per heavy atom. The number of methoxy groups -OCH3 is 1. The minimum atomic E-state index is -0.692. The van der Waals surface area contributed by atoms with Gasteiger partial charge in [-0.05, 0) is 46.3 Å². The highest BCUT2D eigenvalue weighted by atomic mass is 79.9. The van der Waals surface area contributed by atoms with Crippen molar-refractivity contribution in [3.05, 3.63) is 58.1 Å². The van der Waals surface area contributed by atoms with Gasteiger partial charge in [-0.1, -0.05) is 0 Å². The molecule has 1 N–H and O–H groups in total. The second-order valence-electron chi connectivity index (χ2n) is 3.93. The minimum absolute atomic E-state index is 0.119. The molecule has 2 rings (SSSR count). The Bertz CT molecular complexity index is 662. The zero-order valence-corrected chi connectivity index (χ0v) is 12.0. The van der Waals surface area contributed by atoms with E-state index in [1.807, 2.05) is 0 Å². The highest BCUT2D eigenvalue weighted by Crippen LogP contribution is 2.22. The van der Waals surface area contributed by atoms with Crippen LogP contribution in [0.2, 0.25) is 0 Å². The number of amides is 1. The summed E-state index contributed by atoms with van der Waals surface area (Å²) in [5.41, 5.74) is 0.241. The third kappa shape index (κ3) is 3.14. The molecule has 0 aliphatic carbocycles. The SMILES string of the molecule is COc1ccc(C(=O)Nc2ccc(F)c(Br)c2)c(F)c1. The first-order valence-electron chi connectivity index (χ1n) is 5.61. The molecule has 3 nitrogen and oxygen atoms in total. The number of carbonyl (C=O) groups excluding carboxylic acids is 1. The molecule has 0 bridgehead atoms. The fraction of sp³-hybridized carbons (Fsp3) is 0.0714. The second kappa shape index (κ2) is 6.00.